The van der Waals surface area contributed by atoms with Gasteiger partial charge in [0, 0.05) is 61.1 Å². The summed E-state index contributed by atoms with van der Waals surface area (Å²) < 4.78 is 9.35. The fourth-order valence-corrected chi connectivity index (χ4v) is 8.85. The summed E-state index contributed by atoms with van der Waals surface area (Å²) in [5, 5.41) is 2.32. The van der Waals surface area contributed by atoms with Gasteiger partial charge in [-0.1, -0.05) is 178 Å². The molecule has 0 spiro atoms. The van der Waals surface area contributed by atoms with Crippen molar-refractivity contribution in [2.24, 2.45) is 0 Å². The van der Waals surface area contributed by atoms with E-state index >= 15 is 0 Å². The van der Waals surface area contributed by atoms with Gasteiger partial charge in [-0.15, -0.1) is 53.8 Å². The van der Waals surface area contributed by atoms with E-state index in [0.29, 0.717) is 11.5 Å². The van der Waals surface area contributed by atoms with Crippen LogP contribution >= 0.6 is 0 Å². The number of rotatable bonds is 8. The summed E-state index contributed by atoms with van der Waals surface area (Å²) >= 11 is 0. The van der Waals surface area contributed by atoms with E-state index < -0.39 is 0 Å². The minimum absolute atomic E-state index is 0. The van der Waals surface area contributed by atoms with Crippen molar-refractivity contribution in [3.8, 4) is 28.4 Å². The van der Waals surface area contributed by atoms with Gasteiger partial charge in [0.05, 0.1) is 0 Å². The average Bonchev–Trinajstić information content (AvgIpc) is 3.87. The standard InChI is InChI=1S/C59H59N4O.Pt/c1-56(2,3)43-25-20-26-45(33-43)61-38-53(59(10,11)42-23-16-13-17-24-42)62(39-61)46-31-41(40-21-14-12-15-22-40)32-47(35-46)64-48-36-50(58(7,8)9)55-49-27-18-19-28-51(49)63(52(55)37-48)54-34-44(29-30-60-54)57(4,5)6;/h12-34,36,38-39H,1-11H3;/q-3;. The normalized spacial score (nSPS) is 13.6. The number of hydrogen-bond donors (Lipinski definition) is 0. The Morgan fingerprint density at radius 2 is 1.20 bits per heavy atom. The second-order valence-corrected chi connectivity index (χ2v) is 20.8. The summed E-state index contributed by atoms with van der Waals surface area (Å²) in [4.78, 5) is 9.51. The largest absolute Gasteiger partial charge is 0.509 e. The second-order valence-electron chi connectivity index (χ2n) is 20.8. The maximum Gasteiger partial charge on any atom is 0.135 e. The van der Waals surface area contributed by atoms with Crippen molar-refractivity contribution in [1.82, 2.24) is 9.55 Å². The van der Waals surface area contributed by atoms with Crippen LogP contribution in [-0.2, 0) is 42.7 Å². The molecule has 0 amide bonds. The SMILES string of the molecule is CC(C)(C)c1cccc(N2C=C(C(C)(C)c3ccccc3)N(c3[c-]c(Oc4[c-]c5c(c(C(C)(C)C)c4)c4ccccc4n5-c4cc(C(C)(C)C)ccn4)cc(-c4ccccc4)c3)[CH-]2)c1.[Pt]. The monoisotopic (exact) mass is 1030 g/mol. The summed E-state index contributed by atoms with van der Waals surface area (Å²) in [7, 11) is 0. The van der Waals surface area contributed by atoms with Gasteiger partial charge in [0.15, 0.2) is 0 Å². The van der Waals surface area contributed by atoms with Gasteiger partial charge >= 0.3 is 0 Å². The van der Waals surface area contributed by atoms with Gasteiger partial charge in [-0.05, 0) is 80.4 Å². The number of ether oxygens (including phenoxy) is 1. The molecule has 2 aromatic heterocycles. The number of hydrogen-bond acceptors (Lipinski definition) is 4. The van der Waals surface area contributed by atoms with Crippen molar-refractivity contribution in [3.63, 3.8) is 0 Å². The van der Waals surface area contributed by atoms with Crippen LogP contribution < -0.4 is 14.5 Å². The molecule has 0 bridgehead atoms. The van der Waals surface area contributed by atoms with E-state index in [1.807, 2.05) is 6.20 Å². The van der Waals surface area contributed by atoms with Crippen LogP contribution in [0.25, 0.3) is 38.8 Å². The van der Waals surface area contributed by atoms with Crippen molar-refractivity contribution in [3.05, 3.63) is 199 Å². The van der Waals surface area contributed by atoms with Gasteiger partial charge in [0.1, 0.15) is 5.82 Å². The number of fused-ring (bicyclic) bond motifs is 3. The molecule has 65 heavy (non-hydrogen) atoms. The first kappa shape index (κ1) is 45.7. The van der Waals surface area contributed by atoms with Crippen LogP contribution in [0, 0.1) is 18.8 Å². The van der Waals surface area contributed by atoms with Gasteiger partial charge in [-0.3, -0.25) is 0 Å². The van der Waals surface area contributed by atoms with Crippen LogP contribution in [-0.4, -0.2) is 9.55 Å². The average molecular weight is 1040 g/mol. The zero-order valence-corrected chi connectivity index (χ0v) is 41.8. The van der Waals surface area contributed by atoms with Gasteiger partial charge in [0.25, 0.3) is 0 Å². The number of nitrogens with zero attached hydrogens (tertiary/aromatic N) is 4. The Bertz CT molecular complexity index is 3030. The predicted molar refractivity (Wildman–Crippen MR) is 268 cm³/mol. The van der Waals surface area contributed by atoms with E-state index in [-0.39, 0.29) is 42.7 Å². The number of pyridine rings is 1. The zero-order chi connectivity index (χ0) is 45.2. The number of allylic oxidation sites excluding steroid dienone is 1. The maximum absolute atomic E-state index is 7.10. The Balaban J connectivity index is 0.00000576. The molecule has 5 nitrogen and oxygen atoms in total. The fourth-order valence-electron chi connectivity index (χ4n) is 8.85. The van der Waals surface area contributed by atoms with Crippen molar-refractivity contribution in [1.29, 1.82) is 0 Å². The molecule has 6 heteroatoms. The van der Waals surface area contributed by atoms with E-state index in [1.54, 1.807) is 0 Å². The first-order chi connectivity index (χ1) is 30.4. The van der Waals surface area contributed by atoms with E-state index in [2.05, 4.69) is 255 Å². The fraction of sp³-hybridized carbons (Fsp3) is 0.254. The predicted octanol–water partition coefficient (Wildman–Crippen LogP) is 15.4. The molecule has 0 saturated carbocycles. The van der Waals surface area contributed by atoms with Crippen molar-refractivity contribution < 1.29 is 25.8 Å². The van der Waals surface area contributed by atoms with Crippen LogP contribution in [0.2, 0.25) is 0 Å². The van der Waals surface area contributed by atoms with Crippen LogP contribution in [0.5, 0.6) is 11.5 Å². The third kappa shape index (κ3) is 8.93. The number of para-hydroxylation sites is 1. The number of aromatic nitrogens is 2. The minimum Gasteiger partial charge on any atom is -0.509 e. The molecule has 334 valence electrons. The zero-order valence-electron chi connectivity index (χ0n) is 39.5. The van der Waals surface area contributed by atoms with E-state index in [0.717, 1.165) is 55.8 Å². The molecule has 0 fully saturated rings. The minimum atomic E-state index is -0.377. The van der Waals surface area contributed by atoms with Gasteiger partial charge in [-0.2, -0.15) is 0 Å². The molecule has 0 unspecified atom stereocenters. The Morgan fingerprint density at radius 3 is 1.89 bits per heavy atom. The van der Waals surface area contributed by atoms with Crippen molar-refractivity contribution in [2.75, 3.05) is 9.80 Å². The number of benzene rings is 6. The quantitative estimate of drug-likeness (QED) is 0.142. The summed E-state index contributed by atoms with van der Waals surface area (Å²) in [5.41, 5.74) is 11.5. The first-order valence-corrected chi connectivity index (χ1v) is 22.4. The van der Waals surface area contributed by atoms with Crippen LogP contribution in [0.3, 0.4) is 0 Å². The second kappa shape index (κ2) is 17.1. The summed E-state index contributed by atoms with van der Waals surface area (Å²) in [5.74, 6) is 2.07. The van der Waals surface area contributed by atoms with E-state index in [9.17, 15) is 0 Å². The van der Waals surface area contributed by atoms with Gasteiger partial charge in [-0.25, -0.2) is 4.98 Å². The van der Waals surface area contributed by atoms with Gasteiger partial charge < -0.3 is 19.1 Å². The van der Waals surface area contributed by atoms with Crippen LogP contribution in [0.15, 0.2) is 158 Å². The Kier molecular flexibility index (Phi) is 12.0. The summed E-state index contributed by atoms with van der Waals surface area (Å²) in [6, 6.07) is 57.2. The van der Waals surface area contributed by atoms with Crippen molar-refractivity contribution >= 4 is 33.2 Å². The molecule has 3 heterocycles. The molecule has 0 N–H and O–H groups in total. The van der Waals surface area contributed by atoms with Crippen LogP contribution in [0.4, 0.5) is 11.4 Å². The topological polar surface area (TPSA) is 33.5 Å². The first-order valence-electron chi connectivity index (χ1n) is 22.4. The smallest absolute Gasteiger partial charge is 0.135 e. The van der Waals surface area contributed by atoms with Crippen LogP contribution in [0.1, 0.15) is 98.4 Å². The molecule has 9 rings (SSSR count). The van der Waals surface area contributed by atoms with Crippen molar-refractivity contribution in [2.45, 2.75) is 97.8 Å². The molecule has 0 radical (unpaired) electrons. The summed E-state index contributed by atoms with van der Waals surface area (Å²) in [6.07, 6.45) is 4.20. The molecule has 0 saturated heterocycles. The van der Waals surface area contributed by atoms with Gasteiger partial charge in [0.2, 0.25) is 0 Å². The Hall–Kier alpha value is -5.90. The molecule has 1 aliphatic heterocycles. The third-order valence-electron chi connectivity index (χ3n) is 12.6. The molecule has 1 aliphatic rings. The Morgan fingerprint density at radius 1 is 0.569 bits per heavy atom. The molecule has 0 atom stereocenters. The molecular formula is C59H59N4OPt-3. The number of anilines is 2. The summed E-state index contributed by atoms with van der Waals surface area (Å²) in [6.45, 7) is 27.1. The van der Waals surface area contributed by atoms with E-state index in [1.165, 1.54) is 22.3 Å². The Labute approximate surface area is 401 Å². The molecule has 6 aromatic carbocycles. The maximum atomic E-state index is 7.10. The molecule has 8 aromatic rings. The third-order valence-corrected chi connectivity index (χ3v) is 12.6. The molecular weight excluding hydrogens is 976 g/mol. The molecule has 0 aliphatic carbocycles. The van der Waals surface area contributed by atoms with E-state index in [4.69, 9.17) is 9.72 Å².